The maximum Gasteiger partial charge on any atom is 0.0593 e. The minimum Gasteiger partial charge on any atom is -0.395 e. The van der Waals surface area contributed by atoms with Crippen LogP contribution >= 0.6 is 0 Å². The fourth-order valence-electron chi connectivity index (χ4n) is 2.44. The summed E-state index contributed by atoms with van der Waals surface area (Å²) >= 11 is 0. The van der Waals surface area contributed by atoms with Crippen molar-refractivity contribution in [3.8, 4) is 0 Å². The number of ether oxygens (including phenoxy) is 1. The molecular weight excluding hydrogens is 202 g/mol. The molecule has 1 saturated heterocycles. The number of hydrogen-bond donors (Lipinski definition) is 1. The van der Waals surface area contributed by atoms with E-state index in [0.29, 0.717) is 12.0 Å². The van der Waals surface area contributed by atoms with E-state index >= 15 is 0 Å². The van der Waals surface area contributed by atoms with Crippen LogP contribution in [0.4, 0.5) is 0 Å². The van der Waals surface area contributed by atoms with Crippen LogP contribution in [0.3, 0.4) is 0 Å². The molecule has 0 amide bonds. The van der Waals surface area contributed by atoms with Crippen LogP contribution in [-0.2, 0) is 4.74 Å². The molecule has 1 N–H and O–H groups in total. The number of piperidine rings is 1. The van der Waals surface area contributed by atoms with Gasteiger partial charge in [0.2, 0.25) is 0 Å². The Bertz CT molecular complexity index is 175. The number of nitrogens with zero attached hydrogens (tertiary/aromatic N) is 1. The molecule has 96 valence electrons. The summed E-state index contributed by atoms with van der Waals surface area (Å²) in [4.78, 5) is 2.39. The van der Waals surface area contributed by atoms with E-state index in [9.17, 15) is 5.11 Å². The van der Waals surface area contributed by atoms with Gasteiger partial charge in [-0.05, 0) is 31.7 Å². The zero-order chi connectivity index (χ0) is 11.8. The van der Waals surface area contributed by atoms with E-state index in [2.05, 4.69) is 18.7 Å². The lowest BCUT2D eigenvalue weighted by Gasteiger charge is -2.38. The van der Waals surface area contributed by atoms with E-state index in [0.717, 1.165) is 32.7 Å². The Morgan fingerprint density at radius 1 is 1.38 bits per heavy atom. The summed E-state index contributed by atoms with van der Waals surface area (Å²) in [5, 5.41) is 9.39. The Hall–Kier alpha value is -0.120. The molecule has 2 unspecified atom stereocenters. The van der Waals surface area contributed by atoms with Crippen molar-refractivity contribution in [1.29, 1.82) is 0 Å². The molecule has 3 heteroatoms. The van der Waals surface area contributed by atoms with Gasteiger partial charge < -0.3 is 9.84 Å². The Balaban J connectivity index is 2.18. The van der Waals surface area contributed by atoms with Crippen LogP contribution in [0.1, 0.15) is 39.5 Å². The van der Waals surface area contributed by atoms with Crippen molar-refractivity contribution in [3.05, 3.63) is 0 Å². The molecule has 0 bridgehead atoms. The second-order valence-corrected chi connectivity index (χ2v) is 4.87. The normalized spacial score (nSPS) is 27.2. The smallest absolute Gasteiger partial charge is 0.0593 e. The molecule has 1 heterocycles. The third-order valence-corrected chi connectivity index (χ3v) is 3.58. The van der Waals surface area contributed by atoms with E-state index in [4.69, 9.17) is 4.74 Å². The van der Waals surface area contributed by atoms with Gasteiger partial charge in [0.25, 0.3) is 0 Å². The molecule has 1 rings (SSSR count). The SMILES string of the molecule is CCCCOCCN1CCCC(C)C1CO. The summed E-state index contributed by atoms with van der Waals surface area (Å²) < 4.78 is 5.58. The highest BCUT2D eigenvalue weighted by Crippen LogP contribution is 2.22. The molecule has 0 radical (unpaired) electrons. The van der Waals surface area contributed by atoms with Crippen LogP contribution < -0.4 is 0 Å². The average molecular weight is 229 g/mol. The lowest BCUT2D eigenvalue weighted by molar-refractivity contribution is 0.0244. The summed E-state index contributed by atoms with van der Waals surface area (Å²) in [6, 6.07) is 0.350. The Morgan fingerprint density at radius 3 is 2.88 bits per heavy atom. The molecule has 0 aromatic heterocycles. The van der Waals surface area contributed by atoms with Crippen molar-refractivity contribution < 1.29 is 9.84 Å². The highest BCUT2D eigenvalue weighted by molar-refractivity contribution is 4.81. The van der Waals surface area contributed by atoms with Crippen LogP contribution in [0.15, 0.2) is 0 Å². The minimum atomic E-state index is 0.288. The second-order valence-electron chi connectivity index (χ2n) is 4.87. The highest BCUT2D eigenvalue weighted by atomic mass is 16.5. The van der Waals surface area contributed by atoms with Crippen LogP contribution in [0.5, 0.6) is 0 Å². The van der Waals surface area contributed by atoms with Crippen LogP contribution in [0.2, 0.25) is 0 Å². The Morgan fingerprint density at radius 2 is 2.19 bits per heavy atom. The third-order valence-electron chi connectivity index (χ3n) is 3.58. The van der Waals surface area contributed by atoms with Crippen molar-refractivity contribution in [1.82, 2.24) is 4.90 Å². The second kappa shape index (κ2) is 8.04. The van der Waals surface area contributed by atoms with Gasteiger partial charge in [0.15, 0.2) is 0 Å². The molecule has 16 heavy (non-hydrogen) atoms. The van der Waals surface area contributed by atoms with Crippen molar-refractivity contribution in [2.75, 3.05) is 32.9 Å². The van der Waals surface area contributed by atoms with E-state index in [1.54, 1.807) is 0 Å². The third kappa shape index (κ3) is 4.40. The maximum atomic E-state index is 9.39. The predicted octanol–water partition coefficient (Wildman–Crippen LogP) is 1.90. The number of aliphatic hydroxyl groups excluding tert-OH is 1. The highest BCUT2D eigenvalue weighted by Gasteiger charge is 2.27. The lowest BCUT2D eigenvalue weighted by Crippen LogP contribution is -2.47. The zero-order valence-corrected chi connectivity index (χ0v) is 10.8. The van der Waals surface area contributed by atoms with Gasteiger partial charge in [-0.25, -0.2) is 0 Å². The zero-order valence-electron chi connectivity index (χ0n) is 10.8. The van der Waals surface area contributed by atoms with E-state index in [1.807, 2.05) is 0 Å². The minimum absolute atomic E-state index is 0.288. The van der Waals surface area contributed by atoms with Crippen LogP contribution in [-0.4, -0.2) is 49.0 Å². The lowest BCUT2D eigenvalue weighted by atomic mass is 9.91. The number of hydrogen-bond acceptors (Lipinski definition) is 3. The molecule has 3 nitrogen and oxygen atoms in total. The predicted molar refractivity (Wildman–Crippen MR) is 66.6 cm³/mol. The van der Waals surface area contributed by atoms with E-state index in [1.165, 1.54) is 19.3 Å². The standard InChI is InChI=1S/C13H27NO2/c1-3-4-9-16-10-8-14-7-5-6-12(2)13(14)11-15/h12-13,15H,3-11H2,1-2H3. The summed E-state index contributed by atoms with van der Waals surface area (Å²) in [6.07, 6.45) is 4.85. The average Bonchev–Trinajstić information content (AvgIpc) is 2.29. The van der Waals surface area contributed by atoms with E-state index < -0.39 is 0 Å². The van der Waals surface area contributed by atoms with Crippen molar-refractivity contribution in [3.63, 3.8) is 0 Å². The maximum absolute atomic E-state index is 9.39. The first kappa shape index (κ1) is 13.9. The summed E-state index contributed by atoms with van der Waals surface area (Å²) in [5.41, 5.74) is 0. The number of unbranched alkanes of at least 4 members (excludes halogenated alkanes) is 1. The fraction of sp³-hybridized carbons (Fsp3) is 1.00. The first-order chi connectivity index (χ1) is 7.79. The fourth-order valence-corrected chi connectivity index (χ4v) is 2.44. The Labute approximate surface area is 99.8 Å². The monoisotopic (exact) mass is 229 g/mol. The van der Waals surface area contributed by atoms with Gasteiger partial charge in [-0.1, -0.05) is 20.3 Å². The first-order valence-electron chi connectivity index (χ1n) is 6.72. The molecular formula is C13H27NO2. The van der Waals surface area contributed by atoms with Gasteiger partial charge in [0.1, 0.15) is 0 Å². The summed E-state index contributed by atoms with van der Waals surface area (Å²) in [7, 11) is 0. The summed E-state index contributed by atoms with van der Waals surface area (Å²) in [5.74, 6) is 0.620. The van der Waals surface area contributed by atoms with E-state index in [-0.39, 0.29) is 6.61 Å². The molecule has 1 fully saturated rings. The van der Waals surface area contributed by atoms with Crippen molar-refractivity contribution in [2.24, 2.45) is 5.92 Å². The number of rotatable bonds is 7. The van der Waals surface area contributed by atoms with Gasteiger partial charge in [-0.2, -0.15) is 0 Å². The first-order valence-corrected chi connectivity index (χ1v) is 6.72. The topological polar surface area (TPSA) is 32.7 Å². The van der Waals surface area contributed by atoms with Gasteiger partial charge in [-0.3, -0.25) is 4.90 Å². The Kier molecular flexibility index (Phi) is 7.01. The molecule has 0 aromatic carbocycles. The molecule has 0 aliphatic carbocycles. The van der Waals surface area contributed by atoms with Crippen LogP contribution in [0.25, 0.3) is 0 Å². The number of aliphatic hydroxyl groups is 1. The summed E-state index contributed by atoms with van der Waals surface area (Å²) in [6.45, 7) is 8.48. The number of likely N-dealkylation sites (tertiary alicyclic amines) is 1. The molecule has 1 aliphatic heterocycles. The molecule has 0 saturated carbocycles. The van der Waals surface area contributed by atoms with Crippen molar-refractivity contribution >= 4 is 0 Å². The molecule has 0 spiro atoms. The van der Waals surface area contributed by atoms with Crippen molar-refractivity contribution in [2.45, 2.75) is 45.6 Å². The van der Waals surface area contributed by atoms with Gasteiger partial charge in [-0.15, -0.1) is 0 Å². The van der Waals surface area contributed by atoms with Gasteiger partial charge in [0.05, 0.1) is 13.2 Å². The molecule has 2 atom stereocenters. The van der Waals surface area contributed by atoms with Gasteiger partial charge in [0, 0.05) is 19.2 Å². The van der Waals surface area contributed by atoms with Crippen LogP contribution in [0, 0.1) is 5.92 Å². The molecule has 0 aromatic rings. The largest absolute Gasteiger partial charge is 0.395 e. The van der Waals surface area contributed by atoms with Gasteiger partial charge >= 0.3 is 0 Å². The molecule has 1 aliphatic rings. The quantitative estimate of drug-likeness (QED) is 0.677.